The maximum Gasteiger partial charge on any atom is 0.490 e. The molecule has 0 saturated carbocycles. The number of benzene rings is 2. The number of aliphatic hydroxyl groups is 1. The zero-order valence-corrected chi connectivity index (χ0v) is 17.5. The molecule has 0 unspecified atom stereocenters. The molecular formula is C20H22Cl2F3NO3. The number of hydrogen-bond acceptors (Lipinski definition) is 3. The van der Waals surface area contributed by atoms with Gasteiger partial charge in [-0.05, 0) is 34.2 Å². The van der Waals surface area contributed by atoms with Crippen molar-refractivity contribution in [1.29, 1.82) is 0 Å². The quantitative estimate of drug-likeness (QED) is 0.562. The van der Waals surface area contributed by atoms with Crippen molar-refractivity contribution in [3.63, 3.8) is 0 Å². The average molecular weight is 452 g/mol. The number of nitrogens with two attached hydrogens (primary N) is 1. The molecule has 0 amide bonds. The van der Waals surface area contributed by atoms with Crippen molar-refractivity contribution in [2.75, 3.05) is 0 Å². The Morgan fingerprint density at radius 1 is 0.966 bits per heavy atom. The molecule has 0 saturated heterocycles. The normalized spacial score (nSPS) is 13.9. The molecule has 29 heavy (non-hydrogen) atoms. The van der Waals surface area contributed by atoms with Crippen molar-refractivity contribution < 1.29 is 28.2 Å². The van der Waals surface area contributed by atoms with Crippen molar-refractivity contribution in [1.82, 2.24) is 0 Å². The van der Waals surface area contributed by atoms with Gasteiger partial charge in [0.15, 0.2) is 0 Å². The second-order valence-electron chi connectivity index (χ2n) is 7.32. The van der Waals surface area contributed by atoms with Crippen LogP contribution in [0.2, 0.25) is 10.0 Å². The lowest BCUT2D eigenvalue weighted by Crippen LogP contribution is -2.21. The summed E-state index contributed by atoms with van der Waals surface area (Å²) in [6.45, 7) is 6.46. The molecule has 9 heteroatoms. The maximum atomic E-state index is 10.6. The highest BCUT2D eigenvalue weighted by molar-refractivity contribution is 6.42. The third-order valence-electron chi connectivity index (χ3n) is 4.03. The van der Waals surface area contributed by atoms with E-state index in [-0.39, 0.29) is 5.41 Å². The van der Waals surface area contributed by atoms with Crippen LogP contribution in [-0.4, -0.2) is 22.4 Å². The van der Waals surface area contributed by atoms with Gasteiger partial charge in [-0.1, -0.05) is 74.3 Å². The summed E-state index contributed by atoms with van der Waals surface area (Å²) in [6, 6.07) is 12.5. The number of aliphatic hydroxyl groups excluding tert-OH is 1. The summed E-state index contributed by atoms with van der Waals surface area (Å²) < 4.78 is 31.7. The number of hydrogen-bond donors (Lipinski definition) is 3. The lowest BCUT2D eigenvalue weighted by atomic mass is 9.86. The Bertz CT molecular complexity index is 834. The predicted octanol–water partition coefficient (Wildman–Crippen LogP) is 5.66. The van der Waals surface area contributed by atoms with Crippen LogP contribution in [0.25, 0.3) is 0 Å². The Morgan fingerprint density at radius 3 is 1.79 bits per heavy atom. The van der Waals surface area contributed by atoms with Crippen molar-refractivity contribution in [3.8, 4) is 0 Å². The molecule has 0 spiro atoms. The Labute approximate surface area is 177 Å². The van der Waals surface area contributed by atoms with Gasteiger partial charge in [0, 0.05) is 0 Å². The van der Waals surface area contributed by atoms with E-state index >= 15 is 0 Å². The van der Waals surface area contributed by atoms with Crippen molar-refractivity contribution in [2.45, 2.75) is 44.5 Å². The van der Waals surface area contributed by atoms with Gasteiger partial charge in [0.2, 0.25) is 0 Å². The van der Waals surface area contributed by atoms with Crippen LogP contribution in [-0.2, 0) is 10.2 Å². The van der Waals surface area contributed by atoms with Gasteiger partial charge in [-0.2, -0.15) is 13.2 Å². The summed E-state index contributed by atoms with van der Waals surface area (Å²) in [5.41, 5.74) is 8.99. The molecule has 0 aliphatic rings. The van der Waals surface area contributed by atoms with Crippen LogP contribution >= 0.6 is 23.2 Å². The van der Waals surface area contributed by atoms with Gasteiger partial charge in [0.1, 0.15) is 0 Å². The van der Waals surface area contributed by atoms with Crippen LogP contribution < -0.4 is 5.73 Å². The van der Waals surface area contributed by atoms with Crippen molar-refractivity contribution in [3.05, 3.63) is 69.2 Å². The van der Waals surface area contributed by atoms with E-state index in [2.05, 4.69) is 20.8 Å². The first-order chi connectivity index (χ1) is 13.1. The minimum absolute atomic E-state index is 0.0787. The first-order valence-corrected chi connectivity index (χ1v) is 9.19. The van der Waals surface area contributed by atoms with Gasteiger partial charge >= 0.3 is 12.1 Å². The van der Waals surface area contributed by atoms with Crippen LogP contribution in [0.4, 0.5) is 13.2 Å². The van der Waals surface area contributed by atoms with E-state index in [0.29, 0.717) is 10.0 Å². The number of carboxylic acid groups (broad SMARTS) is 1. The summed E-state index contributed by atoms with van der Waals surface area (Å²) >= 11 is 11.9. The number of aliphatic carboxylic acids is 1. The molecule has 0 bridgehead atoms. The Balaban J connectivity index is 0.000000516. The molecule has 2 aromatic carbocycles. The Hall–Kier alpha value is -1.80. The van der Waals surface area contributed by atoms with Crippen LogP contribution in [0.1, 0.15) is 49.6 Å². The number of alkyl halides is 3. The summed E-state index contributed by atoms with van der Waals surface area (Å²) in [4.78, 5) is 8.90. The van der Waals surface area contributed by atoms with E-state index in [1.54, 1.807) is 18.2 Å². The molecular weight excluding hydrogens is 430 g/mol. The Morgan fingerprint density at radius 2 is 1.41 bits per heavy atom. The van der Waals surface area contributed by atoms with Crippen molar-refractivity contribution in [2.24, 2.45) is 5.73 Å². The molecule has 0 aliphatic heterocycles. The van der Waals surface area contributed by atoms with Crippen LogP contribution in [0.5, 0.6) is 0 Å². The summed E-state index contributed by atoms with van der Waals surface area (Å²) in [5.74, 6) is -2.76. The Kier molecular flexibility index (Phi) is 8.53. The monoisotopic (exact) mass is 451 g/mol. The largest absolute Gasteiger partial charge is 0.490 e. The second-order valence-corrected chi connectivity index (χ2v) is 8.13. The van der Waals surface area contributed by atoms with Crippen LogP contribution in [0.15, 0.2) is 42.5 Å². The van der Waals surface area contributed by atoms with Gasteiger partial charge in [-0.3, -0.25) is 0 Å². The van der Waals surface area contributed by atoms with E-state index in [4.69, 9.17) is 38.8 Å². The fourth-order valence-electron chi connectivity index (χ4n) is 2.29. The standard InChI is InChI=1S/C18H21Cl2NO.C2HF3O2/c1-18(2,3)13-7-4-11(5-8-13)17(22)16(21)12-6-9-14(19)15(20)10-12;3-2(4,5)1(6)7/h4-10,16-17,22H,21H2,1-3H3;(H,6,7)/t16-,17+;/m0./s1. The number of carboxylic acids is 1. The fraction of sp³-hybridized carbons (Fsp3) is 0.350. The lowest BCUT2D eigenvalue weighted by Gasteiger charge is -2.22. The number of carbonyl (C=O) groups is 1. The van der Waals surface area contributed by atoms with Crippen molar-refractivity contribution >= 4 is 29.2 Å². The van der Waals surface area contributed by atoms with E-state index in [1.165, 1.54) is 5.56 Å². The molecule has 2 aromatic rings. The first kappa shape index (κ1) is 25.2. The zero-order chi connectivity index (χ0) is 22.6. The van der Waals surface area contributed by atoms with Gasteiger partial charge < -0.3 is 15.9 Å². The first-order valence-electron chi connectivity index (χ1n) is 8.43. The van der Waals surface area contributed by atoms with Crippen LogP contribution in [0, 0.1) is 0 Å². The third kappa shape index (κ3) is 7.51. The summed E-state index contributed by atoms with van der Waals surface area (Å²) in [7, 11) is 0. The smallest absolute Gasteiger partial charge is 0.475 e. The van der Waals surface area contributed by atoms with Gasteiger partial charge in [0.05, 0.1) is 22.2 Å². The number of halogens is 5. The van der Waals surface area contributed by atoms with Gasteiger partial charge in [-0.25, -0.2) is 4.79 Å². The third-order valence-corrected chi connectivity index (χ3v) is 4.77. The minimum atomic E-state index is -5.08. The van der Waals surface area contributed by atoms with E-state index in [0.717, 1.165) is 11.1 Å². The average Bonchev–Trinajstić information content (AvgIpc) is 2.62. The fourth-order valence-corrected chi connectivity index (χ4v) is 2.60. The van der Waals surface area contributed by atoms with E-state index < -0.39 is 24.3 Å². The van der Waals surface area contributed by atoms with Crippen LogP contribution in [0.3, 0.4) is 0 Å². The summed E-state index contributed by atoms with van der Waals surface area (Å²) in [5, 5.41) is 18.5. The molecule has 4 nitrogen and oxygen atoms in total. The zero-order valence-electron chi connectivity index (χ0n) is 16.0. The topological polar surface area (TPSA) is 83.5 Å². The highest BCUT2D eigenvalue weighted by atomic mass is 35.5. The second kappa shape index (κ2) is 9.80. The molecule has 0 aromatic heterocycles. The van der Waals surface area contributed by atoms with E-state index in [9.17, 15) is 18.3 Å². The molecule has 0 fully saturated rings. The molecule has 0 aliphatic carbocycles. The van der Waals surface area contributed by atoms with E-state index in [1.807, 2.05) is 24.3 Å². The van der Waals surface area contributed by atoms with Gasteiger partial charge in [-0.15, -0.1) is 0 Å². The summed E-state index contributed by atoms with van der Waals surface area (Å²) in [6.07, 6.45) is -5.88. The molecule has 160 valence electrons. The maximum absolute atomic E-state index is 10.6. The molecule has 0 heterocycles. The SMILES string of the molecule is CC(C)(C)c1ccc([C@@H](O)[C@@H](N)c2ccc(Cl)c(Cl)c2)cc1.O=C(O)C(F)(F)F. The predicted molar refractivity (Wildman–Crippen MR) is 107 cm³/mol. The lowest BCUT2D eigenvalue weighted by molar-refractivity contribution is -0.192. The molecule has 0 radical (unpaired) electrons. The minimum Gasteiger partial charge on any atom is -0.475 e. The van der Waals surface area contributed by atoms with Gasteiger partial charge in [0.25, 0.3) is 0 Å². The highest BCUT2D eigenvalue weighted by Gasteiger charge is 2.38. The molecule has 2 atom stereocenters. The molecule has 2 rings (SSSR count). The number of rotatable bonds is 3. The molecule has 4 N–H and O–H groups in total. The highest BCUT2D eigenvalue weighted by Crippen LogP contribution is 2.32.